The van der Waals surface area contributed by atoms with Gasteiger partial charge in [0.25, 0.3) is 0 Å². The van der Waals surface area contributed by atoms with Crippen molar-refractivity contribution in [3.05, 3.63) is 64.1 Å². The summed E-state index contributed by atoms with van der Waals surface area (Å²) >= 11 is 0. The molecule has 1 aliphatic rings. The van der Waals surface area contributed by atoms with E-state index >= 15 is 0 Å². The fourth-order valence-corrected chi connectivity index (χ4v) is 3.82. The monoisotopic (exact) mass is 453 g/mol. The lowest BCUT2D eigenvalue weighted by molar-refractivity contribution is 0.0742. The van der Waals surface area contributed by atoms with E-state index in [1.165, 1.54) is 0 Å². The molecule has 1 saturated heterocycles. The maximum absolute atomic E-state index is 12.5. The zero-order chi connectivity index (χ0) is 23.2. The Morgan fingerprint density at radius 1 is 1.06 bits per heavy atom. The molecule has 1 fully saturated rings. The molecule has 0 aliphatic carbocycles. The number of fused-ring (bicyclic) bond motifs is 1. The van der Waals surface area contributed by atoms with Gasteiger partial charge in [-0.05, 0) is 35.9 Å². The van der Waals surface area contributed by atoms with E-state index in [0.29, 0.717) is 68.8 Å². The standard InChI is InChI=1S/C24H27N3O6/c1-31-19-5-2-17(3-6-19)9-15-32-24(30)27-13-11-26(12-14-27)10-8-21(28)18-4-7-20-22(16-18)33-23(29)25-20/h2-7,16H,8-15H2,1H3,(H,25,29). The van der Waals surface area contributed by atoms with Crippen molar-refractivity contribution in [3.8, 4) is 5.75 Å². The second-order valence-corrected chi connectivity index (χ2v) is 7.94. The van der Waals surface area contributed by atoms with Gasteiger partial charge in [-0.1, -0.05) is 12.1 Å². The SMILES string of the molecule is COc1ccc(CCOC(=O)N2CCN(CCC(=O)c3ccc4[nH]c(=O)oc4c3)CC2)cc1. The van der Waals surface area contributed by atoms with Crippen LogP contribution in [-0.2, 0) is 11.2 Å². The van der Waals surface area contributed by atoms with Gasteiger partial charge < -0.3 is 18.8 Å². The van der Waals surface area contributed by atoms with Gasteiger partial charge in [0.05, 0.1) is 19.2 Å². The molecule has 1 N–H and O–H groups in total. The third-order valence-corrected chi connectivity index (χ3v) is 5.80. The van der Waals surface area contributed by atoms with Gasteiger partial charge >= 0.3 is 11.8 Å². The van der Waals surface area contributed by atoms with Gasteiger partial charge in [0.15, 0.2) is 11.4 Å². The van der Waals surface area contributed by atoms with E-state index < -0.39 is 5.76 Å². The maximum atomic E-state index is 12.5. The Hall–Kier alpha value is -3.59. The minimum absolute atomic E-state index is 0.0129. The number of Topliss-reactive ketones (excluding diaryl/α,β-unsaturated/α-hetero) is 1. The fraction of sp³-hybridized carbons (Fsp3) is 0.375. The number of ether oxygens (including phenoxy) is 2. The van der Waals surface area contributed by atoms with E-state index in [2.05, 4.69) is 9.88 Å². The van der Waals surface area contributed by atoms with Gasteiger partial charge in [-0.2, -0.15) is 0 Å². The van der Waals surface area contributed by atoms with Crippen LogP contribution in [-0.4, -0.2) is 73.1 Å². The lowest BCUT2D eigenvalue weighted by Gasteiger charge is -2.33. The Balaban J connectivity index is 1.17. The van der Waals surface area contributed by atoms with Crippen LogP contribution < -0.4 is 10.5 Å². The Labute approximate surface area is 190 Å². The van der Waals surface area contributed by atoms with Crippen molar-refractivity contribution in [1.82, 2.24) is 14.8 Å². The molecule has 0 bridgehead atoms. The van der Waals surface area contributed by atoms with Crippen LogP contribution in [0.15, 0.2) is 51.7 Å². The fourth-order valence-electron chi connectivity index (χ4n) is 3.82. The molecule has 9 nitrogen and oxygen atoms in total. The molecule has 1 aromatic heterocycles. The van der Waals surface area contributed by atoms with Crippen molar-refractivity contribution in [3.63, 3.8) is 0 Å². The molecule has 9 heteroatoms. The van der Waals surface area contributed by atoms with Crippen molar-refractivity contribution < 1.29 is 23.5 Å². The Morgan fingerprint density at radius 2 is 1.82 bits per heavy atom. The molecule has 0 saturated carbocycles. The number of ketones is 1. The summed E-state index contributed by atoms with van der Waals surface area (Å²) in [5, 5.41) is 0. The highest BCUT2D eigenvalue weighted by Gasteiger charge is 2.22. The predicted molar refractivity (Wildman–Crippen MR) is 122 cm³/mol. The number of nitrogens with zero attached hydrogens (tertiary/aromatic N) is 2. The number of carbonyl (C=O) groups is 2. The van der Waals surface area contributed by atoms with Crippen molar-refractivity contribution >= 4 is 23.0 Å². The normalized spacial score (nSPS) is 14.4. The van der Waals surface area contributed by atoms with Crippen LogP contribution in [0.2, 0.25) is 0 Å². The summed E-state index contributed by atoms with van der Waals surface area (Å²) in [6, 6.07) is 12.6. The first-order chi connectivity index (χ1) is 16.0. The summed E-state index contributed by atoms with van der Waals surface area (Å²) in [4.78, 5) is 42.6. The minimum atomic E-state index is -0.535. The van der Waals surface area contributed by atoms with E-state index in [9.17, 15) is 14.4 Å². The third kappa shape index (κ3) is 5.81. The zero-order valence-electron chi connectivity index (χ0n) is 18.5. The largest absolute Gasteiger partial charge is 0.497 e. The number of piperazine rings is 1. The van der Waals surface area contributed by atoms with Crippen LogP contribution in [0, 0.1) is 0 Å². The molecule has 0 spiro atoms. The first-order valence-electron chi connectivity index (χ1n) is 10.9. The molecule has 2 aromatic carbocycles. The third-order valence-electron chi connectivity index (χ3n) is 5.80. The number of hydrogen-bond acceptors (Lipinski definition) is 7. The number of aromatic nitrogens is 1. The highest BCUT2D eigenvalue weighted by molar-refractivity contribution is 5.98. The van der Waals surface area contributed by atoms with Gasteiger partial charge in [0, 0.05) is 51.1 Å². The summed E-state index contributed by atoms with van der Waals surface area (Å²) in [7, 11) is 1.62. The number of aromatic amines is 1. The number of oxazole rings is 1. The predicted octanol–water partition coefficient (Wildman–Crippen LogP) is 2.70. The first kappa shape index (κ1) is 22.6. The second kappa shape index (κ2) is 10.4. The maximum Gasteiger partial charge on any atom is 0.417 e. The van der Waals surface area contributed by atoms with E-state index in [4.69, 9.17) is 13.9 Å². The number of hydrogen-bond donors (Lipinski definition) is 1. The van der Waals surface area contributed by atoms with E-state index in [-0.39, 0.29) is 11.9 Å². The minimum Gasteiger partial charge on any atom is -0.497 e. The van der Waals surface area contributed by atoms with Crippen LogP contribution >= 0.6 is 0 Å². The Morgan fingerprint density at radius 3 is 2.55 bits per heavy atom. The van der Waals surface area contributed by atoms with Crippen LogP contribution in [0.3, 0.4) is 0 Å². The molecular weight excluding hydrogens is 426 g/mol. The number of rotatable bonds is 8. The topological polar surface area (TPSA) is 105 Å². The number of nitrogens with one attached hydrogen (secondary N) is 1. The quantitative estimate of drug-likeness (QED) is 0.523. The van der Waals surface area contributed by atoms with Gasteiger partial charge in [-0.3, -0.25) is 14.7 Å². The molecule has 2 heterocycles. The molecule has 0 radical (unpaired) electrons. The molecule has 174 valence electrons. The van der Waals surface area contributed by atoms with Gasteiger partial charge in [0.2, 0.25) is 0 Å². The molecular formula is C24H27N3O6. The zero-order valence-corrected chi connectivity index (χ0v) is 18.5. The summed E-state index contributed by atoms with van der Waals surface area (Å²) in [5.74, 6) is 0.248. The van der Waals surface area contributed by atoms with Gasteiger partial charge in [-0.25, -0.2) is 9.59 Å². The van der Waals surface area contributed by atoms with Gasteiger partial charge in [-0.15, -0.1) is 0 Å². The smallest absolute Gasteiger partial charge is 0.417 e. The molecule has 0 unspecified atom stereocenters. The Bertz CT molecular complexity index is 1160. The molecule has 4 rings (SSSR count). The van der Waals surface area contributed by atoms with Crippen molar-refractivity contribution in [1.29, 1.82) is 0 Å². The van der Waals surface area contributed by atoms with Crippen molar-refractivity contribution in [2.24, 2.45) is 0 Å². The van der Waals surface area contributed by atoms with E-state index in [0.717, 1.165) is 11.3 Å². The van der Waals surface area contributed by atoms with Crippen molar-refractivity contribution in [2.45, 2.75) is 12.8 Å². The molecule has 3 aromatic rings. The molecule has 33 heavy (non-hydrogen) atoms. The number of amides is 1. The van der Waals surface area contributed by atoms with E-state index in [1.54, 1.807) is 30.2 Å². The number of methoxy groups -OCH3 is 1. The highest BCUT2D eigenvalue weighted by Crippen LogP contribution is 2.15. The van der Waals surface area contributed by atoms with Crippen LogP contribution in [0.25, 0.3) is 11.1 Å². The van der Waals surface area contributed by atoms with Gasteiger partial charge in [0.1, 0.15) is 5.75 Å². The van der Waals surface area contributed by atoms with Crippen LogP contribution in [0.4, 0.5) is 4.79 Å². The van der Waals surface area contributed by atoms with Crippen LogP contribution in [0.1, 0.15) is 22.3 Å². The lowest BCUT2D eigenvalue weighted by atomic mass is 10.1. The van der Waals surface area contributed by atoms with E-state index in [1.807, 2.05) is 24.3 Å². The average Bonchev–Trinajstić information content (AvgIpc) is 3.22. The summed E-state index contributed by atoms with van der Waals surface area (Å²) in [5.41, 5.74) is 2.55. The molecule has 0 atom stereocenters. The van der Waals surface area contributed by atoms with Crippen LogP contribution in [0.5, 0.6) is 5.75 Å². The summed E-state index contributed by atoms with van der Waals surface area (Å²) in [6.07, 6.45) is 0.697. The summed E-state index contributed by atoms with van der Waals surface area (Å²) in [6.45, 7) is 3.44. The number of H-pyrrole nitrogens is 1. The molecule has 1 aliphatic heterocycles. The average molecular weight is 453 g/mol. The first-order valence-corrected chi connectivity index (χ1v) is 10.9. The number of benzene rings is 2. The number of carbonyl (C=O) groups excluding carboxylic acids is 2. The Kier molecular flexibility index (Phi) is 7.09. The highest BCUT2D eigenvalue weighted by atomic mass is 16.6. The second-order valence-electron chi connectivity index (χ2n) is 7.94. The lowest BCUT2D eigenvalue weighted by Crippen LogP contribution is -2.49. The molecule has 1 amide bonds. The van der Waals surface area contributed by atoms with Crippen molar-refractivity contribution in [2.75, 3.05) is 46.4 Å². The summed E-state index contributed by atoms with van der Waals surface area (Å²) < 4.78 is 15.6.